The Morgan fingerprint density at radius 3 is 3.06 bits per heavy atom. The van der Waals surface area contributed by atoms with Gasteiger partial charge in [0.05, 0.1) is 16.8 Å². The molecule has 0 radical (unpaired) electrons. The number of carbonyl (C=O) groups is 1. The zero-order valence-electron chi connectivity index (χ0n) is 9.40. The van der Waals surface area contributed by atoms with Crippen LogP contribution in [0.4, 0.5) is 0 Å². The molecule has 2 aromatic rings. The lowest BCUT2D eigenvalue weighted by atomic mass is 10.3. The van der Waals surface area contributed by atoms with E-state index >= 15 is 0 Å². The van der Waals surface area contributed by atoms with E-state index in [9.17, 15) is 4.79 Å². The predicted molar refractivity (Wildman–Crippen MR) is 65.4 cm³/mol. The third-order valence-corrected chi connectivity index (χ3v) is 3.22. The third-order valence-electron chi connectivity index (χ3n) is 2.24. The van der Waals surface area contributed by atoms with Crippen LogP contribution in [-0.2, 0) is 16.2 Å². The Bertz CT molecular complexity index is 588. The Morgan fingerprint density at radius 1 is 1.53 bits per heavy atom. The van der Waals surface area contributed by atoms with Gasteiger partial charge in [-0.15, -0.1) is 0 Å². The summed E-state index contributed by atoms with van der Waals surface area (Å²) in [5, 5.41) is 7.83. The zero-order valence-corrected chi connectivity index (χ0v) is 10.2. The molecular formula is C11H13N3O2S. The Balaban J connectivity index is 2.26. The summed E-state index contributed by atoms with van der Waals surface area (Å²) in [5.74, 6) is -0.256. The Hall–Kier alpha value is -1.66. The van der Waals surface area contributed by atoms with E-state index in [0.29, 0.717) is 11.4 Å². The van der Waals surface area contributed by atoms with Crippen molar-refractivity contribution >= 4 is 27.5 Å². The minimum atomic E-state index is -0.256. The maximum Gasteiger partial charge on any atom is 0.263 e. The number of carbonyl (C=O) groups excluding carboxylic acids is 1. The Labute approximate surface area is 102 Å². The molecule has 6 heteroatoms. The van der Waals surface area contributed by atoms with Crippen LogP contribution in [0, 0.1) is 5.41 Å². The van der Waals surface area contributed by atoms with Crippen molar-refractivity contribution in [3.05, 3.63) is 29.1 Å². The van der Waals surface area contributed by atoms with Gasteiger partial charge in [0.1, 0.15) is 6.54 Å². The van der Waals surface area contributed by atoms with Crippen LogP contribution >= 0.6 is 11.3 Å². The Morgan fingerprint density at radius 2 is 2.29 bits per heavy atom. The number of amides is 1. The number of para-hydroxylation sites is 1. The van der Waals surface area contributed by atoms with Gasteiger partial charge in [-0.1, -0.05) is 23.5 Å². The lowest BCUT2D eigenvalue weighted by molar-refractivity contribution is -0.133. The minimum absolute atomic E-state index is 0.100. The predicted octanol–water partition coefficient (Wildman–Crippen LogP) is 1.25. The number of nitrogens with one attached hydrogen (secondary N) is 2. The van der Waals surface area contributed by atoms with Crippen LogP contribution in [0.1, 0.15) is 6.92 Å². The van der Waals surface area contributed by atoms with Crippen LogP contribution < -0.4 is 10.3 Å². The highest BCUT2D eigenvalue weighted by Crippen LogP contribution is 2.15. The highest BCUT2D eigenvalue weighted by Gasteiger charge is 2.08. The van der Waals surface area contributed by atoms with Gasteiger partial charge in [0.2, 0.25) is 0 Å². The van der Waals surface area contributed by atoms with Gasteiger partial charge in [0.25, 0.3) is 5.91 Å². The van der Waals surface area contributed by atoms with Gasteiger partial charge in [-0.25, -0.2) is 5.48 Å². The molecule has 1 heterocycles. The number of aromatic nitrogens is 1. The van der Waals surface area contributed by atoms with Gasteiger partial charge in [0.15, 0.2) is 4.80 Å². The maximum atomic E-state index is 11.5. The molecule has 0 aliphatic carbocycles. The second kappa shape index (κ2) is 5.11. The molecule has 90 valence electrons. The largest absolute Gasteiger partial charge is 0.307 e. The molecule has 5 nitrogen and oxygen atoms in total. The highest BCUT2D eigenvalue weighted by molar-refractivity contribution is 7.16. The molecule has 0 saturated carbocycles. The third kappa shape index (κ3) is 2.54. The second-order valence-corrected chi connectivity index (χ2v) is 4.45. The van der Waals surface area contributed by atoms with Gasteiger partial charge >= 0.3 is 0 Å². The molecular weight excluding hydrogens is 238 g/mol. The van der Waals surface area contributed by atoms with E-state index in [-0.39, 0.29) is 12.5 Å². The van der Waals surface area contributed by atoms with Crippen LogP contribution in [0.25, 0.3) is 10.2 Å². The summed E-state index contributed by atoms with van der Waals surface area (Å²) in [6.45, 7) is 2.32. The molecule has 1 amide bonds. The van der Waals surface area contributed by atoms with E-state index in [1.54, 1.807) is 11.5 Å². The molecule has 17 heavy (non-hydrogen) atoms. The van der Waals surface area contributed by atoms with Crippen LogP contribution in [0.3, 0.4) is 0 Å². The summed E-state index contributed by atoms with van der Waals surface area (Å²) in [5.41, 5.74) is 3.22. The Kier molecular flexibility index (Phi) is 3.55. The number of hydroxylamine groups is 1. The highest BCUT2D eigenvalue weighted by atomic mass is 32.1. The minimum Gasteiger partial charge on any atom is -0.307 e. The van der Waals surface area contributed by atoms with E-state index in [1.165, 1.54) is 11.3 Å². The topological polar surface area (TPSA) is 67.1 Å². The number of nitrogens with zero attached hydrogens (tertiary/aromatic N) is 1. The number of benzene rings is 1. The van der Waals surface area contributed by atoms with Gasteiger partial charge in [-0.05, 0) is 19.1 Å². The number of fused-ring (bicyclic) bond motifs is 1. The SMILES string of the molecule is CCONC(=O)Cn1c(=N)sc2ccccc21. The summed E-state index contributed by atoms with van der Waals surface area (Å²) >= 11 is 1.35. The first-order valence-electron chi connectivity index (χ1n) is 5.26. The summed E-state index contributed by atoms with van der Waals surface area (Å²) < 4.78 is 2.66. The zero-order chi connectivity index (χ0) is 12.3. The average molecular weight is 251 g/mol. The maximum absolute atomic E-state index is 11.5. The number of rotatable bonds is 4. The number of thiazole rings is 1. The molecule has 2 rings (SSSR count). The van der Waals surface area contributed by atoms with Crippen molar-refractivity contribution in [2.24, 2.45) is 0 Å². The van der Waals surface area contributed by atoms with Crippen molar-refractivity contribution < 1.29 is 9.63 Å². The first kappa shape index (κ1) is 11.8. The molecule has 0 saturated heterocycles. The quantitative estimate of drug-likeness (QED) is 0.803. The fourth-order valence-electron chi connectivity index (χ4n) is 1.52. The van der Waals surface area contributed by atoms with Gasteiger partial charge in [-0.2, -0.15) is 0 Å². The molecule has 0 aliphatic heterocycles. The van der Waals surface area contributed by atoms with Gasteiger partial charge in [0, 0.05) is 0 Å². The lowest BCUT2D eigenvalue weighted by Crippen LogP contribution is -2.30. The first-order chi connectivity index (χ1) is 8.22. The van der Waals surface area contributed by atoms with Gasteiger partial charge in [-0.3, -0.25) is 15.0 Å². The molecule has 2 N–H and O–H groups in total. The van der Waals surface area contributed by atoms with Crippen molar-refractivity contribution in [3.8, 4) is 0 Å². The van der Waals surface area contributed by atoms with Crippen molar-refractivity contribution in [2.75, 3.05) is 6.61 Å². The molecule has 0 aliphatic rings. The second-order valence-electron chi connectivity index (χ2n) is 3.42. The molecule has 0 atom stereocenters. The van der Waals surface area contributed by atoms with Gasteiger partial charge < -0.3 is 4.57 Å². The van der Waals surface area contributed by atoms with Crippen LogP contribution in [0.15, 0.2) is 24.3 Å². The van der Waals surface area contributed by atoms with E-state index in [2.05, 4.69) is 5.48 Å². The molecule has 1 aromatic heterocycles. The summed E-state index contributed by atoms with van der Waals surface area (Å²) in [7, 11) is 0. The summed E-state index contributed by atoms with van der Waals surface area (Å²) in [6, 6.07) is 7.65. The normalized spacial score (nSPS) is 10.6. The van der Waals surface area contributed by atoms with Crippen molar-refractivity contribution in [1.29, 1.82) is 5.41 Å². The average Bonchev–Trinajstić information content (AvgIpc) is 2.64. The van der Waals surface area contributed by atoms with E-state index in [4.69, 9.17) is 10.2 Å². The molecule has 1 aromatic carbocycles. The van der Waals surface area contributed by atoms with Crippen molar-refractivity contribution in [3.63, 3.8) is 0 Å². The summed E-state index contributed by atoms with van der Waals surface area (Å²) in [4.78, 5) is 16.7. The standard InChI is InChI=1S/C11H13N3O2S/c1-2-16-13-10(15)7-14-8-5-3-4-6-9(8)17-11(14)12/h3-6,12H,2,7H2,1H3,(H,13,15). The fraction of sp³-hybridized carbons (Fsp3) is 0.273. The van der Waals surface area contributed by atoms with E-state index < -0.39 is 0 Å². The van der Waals surface area contributed by atoms with Crippen LogP contribution in [0.2, 0.25) is 0 Å². The van der Waals surface area contributed by atoms with Crippen LogP contribution in [-0.4, -0.2) is 17.1 Å². The van der Waals surface area contributed by atoms with Crippen LogP contribution in [0.5, 0.6) is 0 Å². The van der Waals surface area contributed by atoms with Crippen molar-refractivity contribution in [2.45, 2.75) is 13.5 Å². The molecule has 0 spiro atoms. The van der Waals surface area contributed by atoms with Crippen molar-refractivity contribution in [1.82, 2.24) is 10.0 Å². The summed E-state index contributed by atoms with van der Waals surface area (Å²) in [6.07, 6.45) is 0. The molecule has 0 fully saturated rings. The number of hydrogen-bond donors (Lipinski definition) is 2. The lowest BCUT2D eigenvalue weighted by Gasteiger charge is -2.05. The first-order valence-corrected chi connectivity index (χ1v) is 6.07. The van der Waals surface area contributed by atoms with E-state index in [0.717, 1.165) is 10.2 Å². The fourth-order valence-corrected chi connectivity index (χ4v) is 2.43. The van der Waals surface area contributed by atoms with E-state index in [1.807, 2.05) is 24.3 Å². The molecule has 0 bridgehead atoms. The monoisotopic (exact) mass is 251 g/mol. The number of hydrogen-bond acceptors (Lipinski definition) is 4. The smallest absolute Gasteiger partial charge is 0.263 e. The molecule has 0 unspecified atom stereocenters.